The number of hydrogen-bond donors (Lipinski definition) is 2. The lowest BCUT2D eigenvalue weighted by molar-refractivity contribution is 0.253. The molecule has 1 aromatic carbocycles. The molecular weight excluding hydrogens is 421 g/mol. The Hall–Kier alpha value is -3.30. The Morgan fingerprint density at radius 1 is 1.23 bits per heavy atom. The minimum atomic E-state index is -0.460. The van der Waals surface area contributed by atoms with Crippen LogP contribution in [0.3, 0.4) is 0 Å². The van der Waals surface area contributed by atoms with Crippen molar-refractivity contribution >= 4 is 35.0 Å². The Labute approximate surface area is 184 Å². The Kier molecular flexibility index (Phi) is 7.32. The second-order valence-electron chi connectivity index (χ2n) is 6.89. The molecule has 8 nitrogen and oxygen atoms in total. The van der Waals surface area contributed by atoms with Crippen LogP contribution in [0.25, 0.3) is 11.3 Å². The summed E-state index contributed by atoms with van der Waals surface area (Å²) in [5.41, 5.74) is 8.26. The third-order valence-corrected chi connectivity index (χ3v) is 4.53. The second kappa shape index (κ2) is 10.1. The molecule has 31 heavy (non-hydrogen) atoms. The van der Waals surface area contributed by atoms with Crippen LogP contribution in [0.1, 0.15) is 5.56 Å². The minimum Gasteiger partial charge on any atom is -0.474 e. The number of likely N-dealkylation sites (N-methyl/N-ethyl adjacent to an activating group) is 1. The molecule has 0 saturated heterocycles. The number of nitrogens with one attached hydrogen (secondary N) is 1. The van der Waals surface area contributed by atoms with Gasteiger partial charge < -0.3 is 20.7 Å². The van der Waals surface area contributed by atoms with Crippen molar-refractivity contribution in [2.24, 2.45) is 4.99 Å². The van der Waals surface area contributed by atoms with E-state index in [1.165, 1.54) is 18.2 Å². The van der Waals surface area contributed by atoms with Crippen LogP contribution in [0, 0.1) is 5.82 Å². The maximum Gasteiger partial charge on any atom is 0.257 e. The van der Waals surface area contributed by atoms with Gasteiger partial charge in [-0.3, -0.25) is 4.99 Å². The van der Waals surface area contributed by atoms with E-state index in [1.54, 1.807) is 31.6 Å². The first kappa shape index (κ1) is 22.4. The summed E-state index contributed by atoms with van der Waals surface area (Å²) in [6, 6.07) is 7.65. The number of nitrogens with zero attached hydrogens (tertiary/aromatic N) is 5. The highest BCUT2D eigenvalue weighted by Gasteiger charge is 2.16. The standard InChI is InChI=1S/C21H23ClFN7O/c1-25-12-15-17(6-7-26-20(15)24)27-19-11-18(14-10-13(22)4-5-16(14)23)28-29-21(19)31-9-8-30(2)3/h4-7,10-12H,8-9H2,1-3H3,(H3,24,26,27,28)/b25-12-. The van der Waals surface area contributed by atoms with Crippen LogP contribution < -0.4 is 15.8 Å². The SMILES string of the molecule is C/N=C\c1c(Nc2cc(-c3cc(Cl)ccc3F)nnc2OCCN(C)C)ccnc1N. The highest BCUT2D eigenvalue weighted by atomic mass is 35.5. The number of rotatable bonds is 8. The summed E-state index contributed by atoms with van der Waals surface area (Å²) >= 11 is 6.04. The fourth-order valence-electron chi connectivity index (χ4n) is 2.74. The molecule has 0 atom stereocenters. The van der Waals surface area contributed by atoms with E-state index in [-0.39, 0.29) is 11.4 Å². The summed E-state index contributed by atoms with van der Waals surface area (Å²) in [7, 11) is 5.52. The van der Waals surface area contributed by atoms with Crippen LogP contribution in [0.5, 0.6) is 5.88 Å². The predicted molar refractivity (Wildman–Crippen MR) is 122 cm³/mol. The third-order valence-electron chi connectivity index (χ3n) is 4.29. The van der Waals surface area contributed by atoms with Crippen molar-refractivity contribution in [3.8, 4) is 17.1 Å². The molecule has 0 bridgehead atoms. The number of nitrogens with two attached hydrogens (primary N) is 1. The van der Waals surface area contributed by atoms with Gasteiger partial charge in [0.2, 0.25) is 0 Å². The first-order valence-electron chi connectivity index (χ1n) is 9.43. The van der Waals surface area contributed by atoms with Gasteiger partial charge in [0.25, 0.3) is 5.88 Å². The number of hydrogen-bond acceptors (Lipinski definition) is 8. The lowest BCUT2D eigenvalue weighted by Crippen LogP contribution is -2.20. The highest BCUT2D eigenvalue weighted by molar-refractivity contribution is 6.30. The number of pyridine rings is 1. The van der Waals surface area contributed by atoms with Crippen molar-refractivity contribution in [3.63, 3.8) is 0 Å². The molecule has 10 heteroatoms. The molecule has 3 rings (SSSR count). The number of aromatic nitrogens is 3. The number of anilines is 3. The molecule has 0 aliphatic heterocycles. The zero-order valence-corrected chi connectivity index (χ0v) is 18.2. The molecule has 0 aliphatic carbocycles. The summed E-state index contributed by atoms with van der Waals surface area (Å²) < 4.78 is 20.2. The van der Waals surface area contributed by atoms with Gasteiger partial charge >= 0.3 is 0 Å². The van der Waals surface area contributed by atoms with Gasteiger partial charge in [-0.15, -0.1) is 10.2 Å². The van der Waals surface area contributed by atoms with E-state index in [0.717, 1.165) is 0 Å². The molecule has 2 heterocycles. The van der Waals surface area contributed by atoms with Gasteiger partial charge in [-0.1, -0.05) is 11.6 Å². The summed E-state index contributed by atoms with van der Waals surface area (Å²) in [6.07, 6.45) is 3.17. The van der Waals surface area contributed by atoms with Crippen LogP contribution in [-0.2, 0) is 0 Å². The molecule has 162 valence electrons. The van der Waals surface area contributed by atoms with Gasteiger partial charge in [-0.25, -0.2) is 9.37 Å². The van der Waals surface area contributed by atoms with Crippen molar-refractivity contribution in [1.82, 2.24) is 20.1 Å². The lowest BCUT2D eigenvalue weighted by Gasteiger charge is -2.16. The molecule has 0 saturated carbocycles. The molecular formula is C21H23ClFN7O. The van der Waals surface area contributed by atoms with E-state index in [2.05, 4.69) is 25.5 Å². The molecule has 3 aromatic rings. The molecule has 0 unspecified atom stereocenters. The summed E-state index contributed by atoms with van der Waals surface area (Å²) in [4.78, 5) is 10.1. The monoisotopic (exact) mass is 443 g/mol. The molecule has 0 radical (unpaired) electrons. The van der Waals surface area contributed by atoms with Crippen molar-refractivity contribution in [3.05, 3.63) is 52.9 Å². The Morgan fingerprint density at radius 3 is 2.77 bits per heavy atom. The summed E-state index contributed by atoms with van der Waals surface area (Å²) in [5, 5.41) is 11.9. The van der Waals surface area contributed by atoms with E-state index in [1.807, 2.05) is 19.0 Å². The Balaban J connectivity index is 2.04. The van der Waals surface area contributed by atoms with E-state index in [9.17, 15) is 4.39 Å². The second-order valence-corrected chi connectivity index (χ2v) is 7.33. The smallest absolute Gasteiger partial charge is 0.257 e. The van der Waals surface area contributed by atoms with Gasteiger partial charge in [-0.05, 0) is 44.4 Å². The summed E-state index contributed by atoms with van der Waals surface area (Å²) in [5.74, 6) is 0.120. The van der Waals surface area contributed by atoms with Crippen LogP contribution in [0.4, 0.5) is 21.6 Å². The normalized spacial score (nSPS) is 11.3. The largest absolute Gasteiger partial charge is 0.474 e. The van der Waals surface area contributed by atoms with Crippen molar-refractivity contribution < 1.29 is 9.13 Å². The zero-order chi connectivity index (χ0) is 22.4. The van der Waals surface area contributed by atoms with Crippen molar-refractivity contribution in [1.29, 1.82) is 0 Å². The highest BCUT2D eigenvalue weighted by Crippen LogP contribution is 2.32. The fraction of sp³-hybridized carbons (Fsp3) is 0.238. The van der Waals surface area contributed by atoms with Crippen LogP contribution in [-0.4, -0.2) is 60.6 Å². The first-order valence-corrected chi connectivity index (χ1v) is 9.81. The number of nitrogen functional groups attached to an aromatic ring is 1. The van der Waals surface area contributed by atoms with Crippen LogP contribution in [0.15, 0.2) is 41.5 Å². The minimum absolute atomic E-state index is 0.229. The quantitative estimate of drug-likeness (QED) is 0.512. The number of ether oxygens (including phenoxy) is 1. The van der Waals surface area contributed by atoms with Gasteiger partial charge in [0, 0.05) is 36.6 Å². The van der Waals surface area contributed by atoms with E-state index in [0.29, 0.717) is 46.6 Å². The Bertz CT molecular complexity index is 1090. The van der Waals surface area contributed by atoms with E-state index >= 15 is 0 Å². The molecule has 0 spiro atoms. The Morgan fingerprint density at radius 2 is 2.03 bits per heavy atom. The van der Waals surface area contributed by atoms with Crippen molar-refractivity contribution in [2.45, 2.75) is 0 Å². The molecule has 3 N–H and O–H groups in total. The van der Waals surface area contributed by atoms with E-state index < -0.39 is 5.82 Å². The molecule has 0 fully saturated rings. The third kappa shape index (κ3) is 5.65. The number of halogens is 2. The fourth-order valence-corrected chi connectivity index (χ4v) is 2.91. The van der Waals surface area contributed by atoms with Gasteiger partial charge in [0.15, 0.2) is 0 Å². The molecule has 0 aliphatic rings. The average Bonchev–Trinajstić information content (AvgIpc) is 2.73. The summed E-state index contributed by atoms with van der Waals surface area (Å²) in [6.45, 7) is 1.07. The van der Waals surface area contributed by atoms with E-state index in [4.69, 9.17) is 22.1 Å². The maximum absolute atomic E-state index is 14.4. The van der Waals surface area contributed by atoms with Gasteiger partial charge in [-0.2, -0.15) is 0 Å². The predicted octanol–water partition coefficient (Wildman–Crippen LogP) is 3.65. The first-order chi connectivity index (χ1) is 14.9. The van der Waals surface area contributed by atoms with Crippen LogP contribution in [0.2, 0.25) is 5.02 Å². The number of aliphatic imine (C=N–C) groups is 1. The van der Waals surface area contributed by atoms with Crippen molar-refractivity contribution in [2.75, 3.05) is 45.3 Å². The lowest BCUT2D eigenvalue weighted by atomic mass is 10.1. The maximum atomic E-state index is 14.4. The number of benzene rings is 1. The van der Waals surface area contributed by atoms with Crippen LogP contribution >= 0.6 is 11.6 Å². The van der Waals surface area contributed by atoms with Gasteiger partial charge in [0.1, 0.15) is 23.9 Å². The molecule has 0 amide bonds. The molecule has 2 aromatic heterocycles. The zero-order valence-electron chi connectivity index (χ0n) is 17.4. The van der Waals surface area contributed by atoms with Gasteiger partial charge in [0.05, 0.1) is 16.9 Å². The topological polar surface area (TPSA) is 102 Å². The average molecular weight is 444 g/mol.